The summed E-state index contributed by atoms with van der Waals surface area (Å²) < 4.78 is 14.3. The number of carbonyl (C=O) groups excluding carboxylic acids is 2. The highest BCUT2D eigenvalue weighted by atomic mass is 16.8. The van der Waals surface area contributed by atoms with E-state index in [4.69, 9.17) is 14.2 Å². The fraction of sp³-hybridized carbons (Fsp3) is 0.429. The molecule has 0 N–H and O–H groups in total. The Balaban J connectivity index is 0.00000211. The number of ether oxygens (including phenoxy) is 3. The van der Waals surface area contributed by atoms with E-state index >= 15 is 0 Å². The highest BCUT2D eigenvalue weighted by Crippen LogP contribution is 2.19. The van der Waals surface area contributed by atoms with Gasteiger partial charge in [0.1, 0.15) is 5.75 Å². The van der Waals surface area contributed by atoms with Crippen molar-refractivity contribution in [3.05, 3.63) is 34.4 Å². The molecule has 8 nitrogen and oxygen atoms in total. The monoisotopic (exact) mass is 313 g/mol. The van der Waals surface area contributed by atoms with Crippen LogP contribution in [0.2, 0.25) is 0 Å². The van der Waals surface area contributed by atoms with E-state index in [1.165, 1.54) is 45.0 Å². The van der Waals surface area contributed by atoms with Crippen molar-refractivity contribution in [2.75, 3.05) is 0 Å². The molecule has 0 aromatic heterocycles. The minimum absolute atomic E-state index is 0.0687. The van der Waals surface area contributed by atoms with E-state index in [0.29, 0.717) is 0 Å². The number of nitro benzene ring substituents is 1. The zero-order valence-corrected chi connectivity index (χ0v) is 13.1. The molecule has 122 valence electrons. The summed E-state index contributed by atoms with van der Waals surface area (Å²) in [7, 11) is 0. The van der Waals surface area contributed by atoms with Crippen molar-refractivity contribution in [2.45, 2.75) is 40.4 Å². The average molecular weight is 313 g/mol. The normalized spacial score (nSPS) is 9.86. The van der Waals surface area contributed by atoms with Gasteiger partial charge in [-0.25, -0.2) is 4.79 Å². The zero-order valence-electron chi connectivity index (χ0n) is 13.1. The Bertz CT molecular complexity index is 522. The lowest BCUT2D eigenvalue weighted by Gasteiger charge is -2.23. The van der Waals surface area contributed by atoms with Gasteiger partial charge in [0.2, 0.25) is 0 Å². The van der Waals surface area contributed by atoms with Crippen molar-refractivity contribution in [1.82, 2.24) is 0 Å². The minimum Gasteiger partial charge on any atom is -0.423 e. The Morgan fingerprint density at radius 3 is 2.00 bits per heavy atom. The average Bonchev–Trinajstić information content (AvgIpc) is 2.39. The van der Waals surface area contributed by atoms with E-state index in [-0.39, 0.29) is 11.4 Å². The third kappa shape index (κ3) is 7.22. The summed E-state index contributed by atoms with van der Waals surface area (Å²) in [5.74, 6) is -2.01. The Morgan fingerprint density at radius 2 is 1.59 bits per heavy atom. The first-order valence-corrected chi connectivity index (χ1v) is 6.54. The SMILES string of the molecule is CC.CC(=O)OC(C)(C)OC(=O)Oc1ccc([N+](=O)[O-])cc1. The van der Waals surface area contributed by atoms with Gasteiger partial charge < -0.3 is 14.2 Å². The van der Waals surface area contributed by atoms with Crippen LogP contribution in [0.4, 0.5) is 10.5 Å². The lowest BCUT2D eigenvalue weighted by atomic mass is 10.3. The molecule has 0 atom stereocenters. The van der Waals surface area contributed by atoms with Crippen molar-refractivity contribution in [2.24, 2.45) is 0 Å². The van der Waals surface area contributed by atoms with Crippen molar-refractivity contribution in [3.8, 4) is 5.75 Å². The van der Waals surface area contributed by atoms with Crippen LogP contribution in [0.5, 0.6) is 5.75 Å². The van der Waals surface area contributed by atoms with Crippen LogP contribution in [-0.2, 0) is 14.3 Å². The van der Waals surface area contributed by atoms with Crippen LogP contribution >= 0.6 is 0 Å². The maximum Gasteiger partial charge on any atom is 0.517 e. The molecule has 0 radical (unpaired) electrons. The standard InChI is InChI=1S/C12H13NO7.C2H6/c1-8(14)19-12(2,3)20-11(15)18-10-6-4-9(5-7-10)13(16)17;1-2/h4-7H,1-3H3;1-2H3. The molecule has 22 heavy (non-hydrogen) atoms. The number of hydrogen-bond donors (Lipinski definition) is 0. The summed E-state index contributed by atoms with van der Waals surface area (Å²) in [6.45, 7) is 7.91. The second kappa shape index (κ2) is 8.60. The van der Waals surface area contributed by atoms with Gasteiger partial charge in [-0.15, -0.1) is 0 Å². The summed E-state index contributed by atoms with van der Waals surface area (Å²) in [6.07, 6.45) is -1.09. The highest BCUT2D eigenvalue weighted by Gasteiger charge is 2.27. The first-order valence-electron chi connectivity index (χ1n) is 6.54. The molecule has 0 saturated carbocycles. The van der Waals surface area contributed by atoms with E-state index in [2.05, 4.69) is 0 Å². The summed E-state index contributed by atoms with van der Waals surface area (Å²) in [5.41, 5.74) is -0.133. The number of non-ortho nitro benzene ring substituents is 1. The molecule has 0 fully saturated rings. The zero-order chi connectivity index (χ0) is 17.3. The Hall–Kier alpha value is -2.64. The molecule has 0 amide bonds. The molecular weight excluding hydrogens is 294 g/mol. The van der Waals surface area contributed by atoms with Gasteiger partial charge in [0.05, 0.1) is 4.92 Å². The van der Waals surface area contributed by atoms with Gasteiger partial charge in [-0.3, -0.25) is 14.9 Å². The molecule has 0 aliphatic heterocycles. The number of nitro groups is 1. The van der Waals surface area contributed by atoms with Crippen LogP contribution in [0.3, 0.4) is 0 Å². The molecule has 0 aliphatic rings. The molecule has 1 rings (SSSR count). The fourth-order valence-electron chi connectivity index (χ4n) is 1.32. The van der Waals surface area contributed by atoms with Gasteiger partial charge in [-0.05, 0) is 12.1 Å². The van der Waals surface area contributed by atoms with Crippen molar-refractivity contribution < 1.29 is 28.7 Å². The summed E-state index contributed by atoms with van der Waals surface area (Å²) >= 11 is 0. The van der Waals surface area contributed by atoms with Crippen molar-refractivity contribution in [3.63, 3.8) is 0 Å². The lowest BCUT2D eigenvalue weighted by Crippen LogP contribution is -2.34. The molecule has 0 spiro atoms. The Labute approximate surface area is 128 Å². The third-order valence-corrected chi connectivity index (χ3v) is 1.97. The number of carbonyl (C=O) groups is 2. The van der Waals surface area contributed by atoms with E-state index in [0.717, 1.165) is 0 Å². The molecule has 8 heteroatoms. The summed E-state index contributed by atoms with van der Waals surface area (Å²) in [6, 6.07) is 4.86. The molecule has 1 aromatic carbocycles. The third-order valence-electron chi connectivity index (χ3n) is 1.97. The largest absolute Gasteiger partial charge is 0.517 e. The summed E-state index contributed by atoms with van der Waals surface area (Å²) in [4.78, 5) is 32.1. The first-order chi connectivity index (χ1) is 10.2. The van der Waals surface area contributed by atoms with Crippen LogP contribution in [0.1, 0.15) is 34.6 Å². The van der Waals surface area contributed by atoms with Crippen LogP contribution in [0, 0.1) is 10.1 Å². The highest BCUT2D eigenvalue weighted by molar-refractivity contribution is 5.67. The molecular formula is C14H19NO7. The maximum atomic E-state index is 11.5. The maximum absolute atomic E-state index is 11.5. The molecule has 0 saturated heterocycles. The second-order valence-corrected chi connectivity index (χ2v) is 4.20. The predicted molar refractivity (Wildman–Crippen MR) is 77.4 cm³/mol. The van der Waals surface area contributed by atoms with Crippen molar-refractivity contribution in [1.29, 1.82) is 0 Å². The molecule has 0 unspecified atom stereocenters. The fourth-order valence-corrected chi connectivity index (χ4v) is 1.32. The van der Waals surface area contributed by atoms with E-state index < -0.39 is 22.8 Å². The quantitative estimate of drug-likeness (QED) is 0.275. The number of esters is 1. The van der Waals surface area contributed by atoms with Crippen LogP contribution < -0.4 is 4.74 Å². The van der Waals surface area contributed by atoms with Gasteiger partial charge in [0.25, 0.3) is 11.5 Å². The van der Waals surface area contributed by atoms with Crippen LogP contribution in [0.15, 0.2) is 24.3 Å². The van der Waals surface area contributed by atoms with E-state index in [1.54, 1.807) is 0 Å². The molecule has 0 bridgehead atoms. The summed E-state index contributed by atoms with van der Waals surface area (Å²) in [5, 5.41) is 10.4. The molecule has 0 aliphatic carbocycles. The number of hydrogen-bond acceptors (Lipinski definition) is 7. The predicted octanol–water partition coefficient (Wildman–Crippen LogP) is 3.44. The Morgan fingerprint density at radius 1 is 1.09 bits per heavy atom. The van der Waals surface area contributed by atoms with Gasteiger partial charge in [0, 0.05) is 32.9 Å². The van der Waals surface area contributed by atoms with Crippen LogP contribution in [0.25, 0.3) is 0 Å². The Kier molecular flexibility index (Phi) is 7.57. The molecule has 0 heterocycles. The lowest BCUT2D eigenvalue weighted by molar-refractivity contribution is -0.384. The number of rotatable bonds is 4. The number of benzene rings is 1. The second-order valence-electron chi connectivity index (χ2n) is 4.20. The van der Waals surface area contributed by atoms with Gasteiger partial charge in [-0.1, -0.05) is 13.8 Å². The van der Waals surface area contributed by atoms with Crippen molar-refractivity contribution >= 4 is 17.8 Å². The topological polar surface area (TPSA) is 105 Å². The molecule has 1 aromatic rings. The van der Waals surface area contributed by atoms with E-state index in [9.17, 15) is 19.7 Å². The number of nitrogens with zero attached hydrogens (tertiary/aromatic N) is 1. The van der Waals surface area contributed by atoms with Gasteiger partial charge in [0.15, 0.2) is 0 Å². The van der Waals surface area contributed by atoms with Gasteiger partial charge in [-0.2, -0.15) is 0 Å². The first kappa shape index (κ1) is 19.4. The van der Waals surface area contributed by atoms with Gasteiger partial charge >= 0.3 is 12.1 Å². The minimum atomic E-state index is -1.47. The van der Waals surface area contributed by atoms with Crippen LogP contribution in [-0.4, -0.2) is 22.8 Å². The smallest absolute Gasteiger partial charge is 0.423 e. The van der Waals surface area contributed by atoms with E-state index in [1.807, 2.05) is 13.8 Å².